The van der Waals surface area contributed by atoms with E-state index >= 15 is 0 Å². The van der Waals surface area contributed by atoms with E-state index in [9.17, 15) is 0 Å². The fourth-order valence-electron chi connectivity index (χ4n) is 2.81. The van der Waals surface area contributed by atoms with Gasteiger partial charge in [0, 0.05) is 14.0 Å². The van der Waals surface area contributed by atoms with Gasteiger partial charge in [-0.05, 0) is 30.9 Å². The van der Waals surface area contributed by atoms with Crippen LogP contribution in [0.1, 0.15) is 30.7 Å². The van der Waals surface area contributed by atoms with Crippen LogP contribution < -0.4 is 0 Å². The molecule has 0 bridgehead atoms. The molecule has 2 rings (SSSR count). The molecule has 1 aromatic rings. The summed E-state index contributed by atoms with van der Waals surface area (Å²) in [4.78, 5) is 0. The summed E-state index contributed by atoms with van der Waals surface area (Å²) in [5, 5.41) is 0. The fourth-order valence-corrected chi connectivity index (χ4v) is 4.43. The van der Waals surface area contributed by atoms with Crippen LogP contribution >= 0.6 is 0 Å². The maximum atomic E-state index is 2.53. The highest BCUT2D eigenvalue weighted by Crippen LogP contribution is 2.38. The molecule has 0 spiro atoms. The van der Waals surface area contributed by atoms with E-state index in [4.69, 9.17) is 0 Å². The fraction of sp³-hybridized carbons (Fsp3) is 0.500. The van der Waals surface area contributed by atoms with Gasteiger partial charge >= 0.3 is 0 Å². The zero-order valence-electron chi connectivity index (χ0n) is 11.4. The van der Waals surface area contributed by atoms with Gasteiger partial charge in [0.05, 0.1) is 0 Å². The predicted molar refractivity (Wildman–Crippen MR) is 79.3 cm³/mol. The number of hydrogen-bond donors (Lipinski definition) is 0. The molecule has 17 heavy (non-hydrogen) atoms. The van der Waals surface area contributed by atoms with Crippen LogP contribution in [0.2, 0.25) is 25.7 Å². The molecule has 0 nitrogen and oxygen atoms in total. The molecule has 1 aliphatic carbocycles. The van der Waals surface area contributed by atoms with E-state index in [2.05, 4.69) is 56.0 Å². The lowest BCUT2D eigenvalue weighted by Gasteiger charge is -2.29. The first-order chi connectivity index (χ1) is 8.06. The van der Waals surface area contributed by atoms with Crippen molar-refractivity contribution in [2.24, 2.45) is 0 Å². The highest BCUT2D eigenvalue weighted by atomic mass is 28.3. The molecular formula is C16H24Si. The summed E-state index contributed by atoms with van der Waals surface area (Å²) in [7, 11) is -0.988. The van der Waals surface area contributed by atoms with E-state index in [-0.39, 0.29) is 0 Å². The van der Waals surface area contributed by atoms with Crippen molar-refractivity contribution < 1.29 is 0 Å². The Hall–Kier alpha value is -0.823. The lowest BCUT2D eigenvalue weighted by Crippen LogP contribution is -2.23. The van der Waals surface area contributed by atoms with Gasteiger partial charge in [-0.15, -0.1) is 0 Å². The van der Waals surface area contributed by atoms with Crippen molar-refractivity contribution in [1.29, 1.82) is 0 Å². The number of allylic oxidation sites excluding steroid dienone is 2. The van der Waals surface area contributed by atoms with Crippen LogP contribution in [0.4, 0.5) is 0 Å². The minimum absolute atomic E-state index is 0.705. The highest BCUT2D eigenvalue weighted by molar-refractivity contribution is 6.76. The van der Waals surface area contributed by atoms with Crippen LogP contribution in [0, 0.1) is 0 Å². The van der Waals surface area contributed by atoms with Crippen LogP contribution in [0.3, 0.4) is 0 Å². The van der Waals surface area contributed by atoms with Gasteiger partial charge in [0.15, 0.2) is 0 Å². The van der Waals surface area contributed by atoms with E-state index in [1.54, 1.807) is 5.57 Å². The van der Waals surface area contributed by atoms with Crippen molar-refractivity contribution in [3.05, 3.63) is 47.5 Å². The standard InChI is InChI=1S/C16H24Si/c1-17(2,3)13-15-11-7-8-12-16(15)14-9-5-4-6-10-14/h4-6,9-11,16H,7-8,12-13H2,1-3H3. The third kappa shape index (κ3) is 3.57. The molecule has 1 unspecified atom stereocenters. The zero-order valence-corrected chi connectivity index (χ0v) is 12.4. The van der Waals surface area contributed by atoms with Gasteiger partial charge in [0.2, 0.25) is 0 Å². The maximum absolute atomic E-state index is 2.53. The third-order valence-electron chi connectivity index (χ3n) is 3.49. The molecule has 0 radical (unpaired) electrons. The van der Waals surface area contributed by atoms with Gasteiger partial charge in [0.25, 0.3) is 0 Å². The topological polar surface area (TPSA) is 0 Å². The summed E-state index contributed by atoms with van der Waals surface area (Å²) in [5.41, 5.74) is 3.25. The minimum atomic E-state index is -0.988. The number of benzene rings is 1. The predicted octanol–water partition coefficient (Wildman–Crippen LogP) is 5.22. The molecule has 0 heterocycles. The van der Waals surface area contributed by atoms with E-state index in [0.29, 0.717) is 5.92 Å². The van der Waals surface area contributed by atoms with Gasteiger partial charge in [-0.1, -0.05) is 61.6 Å². The van der Waals surface area contributed by atoms with Gasteiger partial charge in [-0.25, -0.2) is 0 Å². The third-order valence-corrected chi connectivity index (χ3v) is 4.96. The smallest absolute Gasteiger partial charge is 0.0483 e. The number of hydrogen-bond acceptors (Lipinski definition) is 0. The molecule has 0 saturated heterocycles. The summed E-state index contributed by atoms with van der Waals surface area (Å²) in [6.07, 6.45) is 6.53. The normalized spacial score (nSPS) is 21.1. The lowest BCUT2D eigenvalue weighted by atomic mass is 9.83. The van der Waals surface area contributed by atoms with Gasteiger partial charge in [-0.3, -0.25) is 0 Å². The lowest BCUT2D eigenvalue weighted by molar-refractivity contribution is 0.621. The van der Waals surface area contributed by atoms with Crippen LogP contribution in [-0.4, -0.2) is 8.07 Å². The second kappa shape index (κ2) is 5.22. The molecule has 0 N–H and O–H groups in total. The summed E-state index contributed by atoms with van der Waals surface area (Å²) in [6, 6.07) is 12.4. The second-order valence-corrected chi connectivity index (χ2v) is 11.9. The van der Waals surface area contributed by atoms with E-state index in [1.165, 1.54) is 30.9 Å². The first kappa shape index (κ1) is 12.6. The molecule has 1 heteroatoms. The Balaban J connectivity index is 2.21. The van der Waals surface area contributed by atoms with Gasteiger partial charge in [-0.2, -0.15) is 0 Å². The van der Waals surface area contributed by atoms with Crippen molar-refractivity contribution >= 4 is 8.07 Å². The van der Waals surface area contributed by atoms with Gasteiger partial charge < -0.3 is 0 Å². The van der Waals surface area contributed by atoms with Crippen molar-refractivity contribution in [3.8, 4) is 0 Å². The van der Waals surface area contributed by atoms with Crippen LogP contribution in [0.5, 0.6) is 0 Å². The minimum Gasteiger partial charge on any atom is -0.0850 e. The molecule has 1 atom stereocenters. The molecule has 0 aromatic heterocycles. The Kier molecular flexibility index (Phi) is 3.88. The number of rotatable bonds is 3. The Bertz CT molecular complexity index is 384. The summed E-state index contributed by atoms with van der Waals surface area (Å²) in [6.45, 7) is 7.43. The first-order valence-electron chi connectivity index (χ1n) is 6.80. The largest absolute Gasteiger partial charge is 0.0850 e. The van der Waals surface area contributed by atoms with Crippen molar-refractivity contribution in [3.63, 3.8) is 0 Å². The molecule has 0 saturated carbocycles. The van der Waals surface area contributed by atoms with Crippen LogP contribution in [-0.2, 0) is 0 Å². The van der Waals surface area contributed by atoms with Crippen molar-refractivity contribution in [2.75, 3.05) is 0 Å². The Labute approximate surface area is 107 Å². The Morgan fingerprint density at radius 1 is 1.12 bits per heavy atom. The Morgan fingerprint density at radius 3 is 2.47 bits per heavy atom. The molecular weight excluding hydrogens is 220 g/mol. The Morgan fingerprint density at radius 2 is 1.82 bits per heavy atom. The first-order valence-corrected chi connectivity index (χ1v) is 10.5. The molecule has 0 fully saturated rings. The second-order valence-electron chi connectivity index (χ2n) is 6.41. The maximum Gasteiger partial charge on any atom is 0.0483 e. The average Bonchev–Trinajstić information content (AvgIpc) is 2.29. The molecule has 0 amide bonds. The molecule has 1 aromatic carbocycles. The summed E-state index contributed by atoms with van der Waals surface area (Å²) < 4.78 is 0. The molecule has 0 aliphatic heterocycles. The SMILES string of the molecule is C[Si](C)(C)CC1=CCCCC1c1ccccc1. The van der Waals surface area contributed by atoms with Gasteiger partial charge in [0.1, 0.15) is 0 Å². The van der Waals surface area contributed by atoms with Crippen molar-refractivity contribution in [1.82, 2.24) is 0 Å². The van der Waals surface area contributed by atoms with Crippen molar-refractivity contribution in [2.45, 2.75) is 50.9 Å². The molecule has 92 valence electrons. The zero-order chi connectivity index (χ0) is 12.3. The van der Waals surface area contributed by atoms with E-state index < -0.39 is 8.07 Å². The quantitative estimate of drug-likeness (QED) is 0.505. The van der Waals surface area contributed by atoms with Crippen LogP contribution in [0.25, 0.3) is 0 Å². The monoisotopic (exact) mass is 244 g/mol. The summed E-state index contributed by atoms with van der Waals surface area (Å²) >= 11 is 0. The van der Waals surface area contributed by atoms with E-state index in [0.717, 1.165) is 0 Å². The highest BCUT2D eigenvalue weighted by Gasteiger charge is 2.24. The summed E-state index contributed by atoms with van der Waals surface area (Å²) in [5.74, 6) is 0.705. The van der Waals surface area contributed by atoms with Crippen LogP contribution in [0.15, 0.2) is 42.0 Å². The molecule has 1 aliphatic rings. The average molecular weight is 244 g/mol. The van der Waals surface area contributed by atoms with E-state index in [1.807, 2.05) is 0 Å².